The zero-order chi connectivity index (χ0) is 27.2. The van der Waals surface area contributed by atoms with Gasteiger partial charge in [0.1, 0.15) is 40.1 Å². The van der Waals surface area contributed by atoms with E-state index in [1.165, 1.54) is 0 Å². The van der Waals surface area contributed by atoms with Gasteiger partial charge in [-0.1, -0.05) is 19.1 Å². The summed E-state index contributed by atoms with van der Waals surface area (Å²) < 4.78 is 128. The molecule has 3 rings (SSSR count). The van der Waals surface area contributed by atoms with E-state index in [0.717, 1.165) is 0 Å². The summed E-state index contributed by atoms with van der Waals surface area (Å²) in [6.45, 7) is 4.95. The van der Waals surface area contributed by atoms with Crippen LogP contribution in [0.5, 0.6) is 5.75 Å². The van der Waals surface area contributed by atoms with Crippen LogP contribution in [0.2, 0.25) is 0 Å². The molecule has 1 atom stereocenters. The molecule has 0 saturated heterocycles. The molecule has 0 fully saturated rings. The average Bonchev–Trinajstić information content (AvgIpc) is 2.69. The van der Waals surface area contributed by atoms with E-state index in [-0.39, 0.29) is 17.7 Å². The lowest BCUT2D eigenvalue weighted by Crippen LogP contribution is -2.25. The van der Waals surface area contributed by atoms with Crippen molar-refractivity contribution in [3.63, 3.8) is 0 Å². The number of hydrogen-bond acceptors (Lipinski definition) is 2. The Bertz CT molecular complexity index is 1230. The van der Waals surface area contributed by atoms with Gasteiger partial charge in [-0.05, 0) is 60.2 Å². The molecule has 2 nitrogen and oxygen atoms in total. The van der Waals surface area contributed by atoms with Crippen molar-refractivity contribution in [3.05, 3.63) is 87.5 Å². The topological polar surface area (TPSA) is 29.5 Å². The molecule has 3 aromatic carbocycles. The van der Waals surface area contributed by atoms with Gasteiger partial charge in [-0.2, -0.15) is 22.0 Å². The standard InChI is InChI=1S/C25H19F9O2/c1-4-20(35)13-5-11(2)21(12(3)6-13)14-7-16(26)23(17(27)8-14)25(33,34)36-15-9-18(28)22(19(29)10-15)24(30,31)32/h5-10,20,35H,4H2,1-3H3. The Kier molecular flexibility index (Phi) is 7.36. The lowest BCUT2D eigenvalue weighted by atomic mass is 9.91. The van der Waals surface area contributed by atoms with E-state index in [4.69, 9.17) is 0 Å². The van der Waals surface area contributed by atoms with Crippen LogP contribution in [-0.2, 0) is 12.3 Å². The Morgan fingerprint density at radius 2 is 1.19 bits per heavy atom. The highest BCUT2D eigenvalue weighted by Gasteiger charge is 2.43. The van der Waals surface area contributed by atoms with Crippen LogP contribution in [0.1, 0.15) is 47.3 Å². The minimum absolute atomic E-state index is 0.108. The molecule has 0 radical (unpaired) electrons. The lowest BCUT2D eigenvalue weighted by molar-refractivity contribution is -0.189. The molecule has 0 heterocycles. The van der Waals surface area contributed by atoms with Gasteiger partial charge < -0.3 is 9.84 Å². The molecule has 0 amide bonds. The van der Waals surface area contributed by atoms with Gasteiger partial charge in [0.2, 0.25) is 0 Å². The number of aliphatic hydroxyl groups excluding tert-OH is 1. The third-order valence-electron chi connectivity index (χ3n) is 5.49. The first-order valence-electron chi connectivity index (χ1n) is 10.5. The SMILES string of the molecule is CCC(O)c1cc(C)c(-c2cc(F)c(C(F)(F)Oc3cc(F)c(C(F)(F)F)c(F)c3)c(F)c2)c(C)c1. The molecule has 0 spiro atoms. The lowest BCUT2D eigenvalue weighted by Gasteiger charge is -2.21. The molecule has 36 heavy (non-hydrogen) atoms. The number of aliphatic hydroxyl groups is 1. The van der Waals surface area contributed by atoms with Crippen LogP contribution in [0.15, 0.2) is 36.4 Å². The van der Waals surface area contributed by atoms with Crippen molar-refractivity contribution in [2.75, 3.05) is 0 Å². The summed E-state index contributed by atoms with van der Waals surface area (Å²) in [4.78, 5) is 0. The number of rotatable bonds is 6. The molecular weight excluding hydrogens is 503 g/mol. The van der Waals surface area contributed by atoms with E-state index in [9.17, 15) is 44.6 Å². The molecule has 0 bridgehead atoms. The van der Waals surface area contributed by atoms with Gasteiger partial charge in [0, 0.05) is 12.1 Å². The van der Waals surface area contributed by atoms with Crippen molar-refractivity contribution in [2.45, 2.75) is 45.6 Å². The maximum absolute atomic E-state index is 14.8. The van der Waals surface area contributed by atoms with Crippen molar-refractivity contribution in [1.82, 2.24) is 0 Å². The minimum atomic E-state index is -5.45. The predicted molar refractivity (Wildman–Crippen MR) is 112 cm³/mol. The zero-order valence-corrected chi connectivity index (χ0v) is 19.0. The van der Waals surface area contributed by atoms with Crippen LogP contribution in [0.25, 0.3) is 11.1 Å². The van der Waals surface area contributed by atoms with Gasteiger partial charge in [-0.25, -0.2) is 17.6 Å². The molecule has 0 aliphatic carbocycles. The van der Waals surface area contributed by atoms with Gasteiger partial charge in [0.15, 0.2) is 0 Å². The smallest absolute Gasteiger partial charge is 0.429 e. The Hall–Kier alpha value is -3.21. The summed E-state index contributed by atoms with van der Waals surface area (Å²) in [5, 5.41) is 10.0. The first-order chi connectivity index (χ1) is 16.6. The normalized spacial score (nSPS) is 13.1. The van der Waals surface area contributed by atoms with E-state index in [1.54, 1.807) is 32.9 Å². The fourth-order valence-electron chi connectivity index (χ4n) is 3.95. The molecule has 0 saturated carbocycles. The van der Waals surface area contributed by atoms with Crippen molar-refractivity contribution in [1.29, 1.82) is 0 Å². The molecule has 0 aliphatic rings. The number of benzene rings is 3. The van der Waals surface area contributed by atoms with Gasteiger partial charge in [0.05, 0.1) is 6.10 Å². The maximum Gasteiger partial charge on any atom is 0.432 e. The van der Waals surface area contributed by atoms with E-state index in [0.29, 0.717) is 40.8 Å². The molecule has 0 aliphatic heterocycles. The Morgan fingerprint density at radius 1 is 0.750 bits per heavy atom. The largest absolute Gasteiger partial charge is 0.432 e. The average molecular weight is 522 g/mol. The third-order valence-corrected chi connectivity index (χ3v) is 5.49. The summed E-state index contributed by atoms with van der Waals surface area (Å²) in [6, 6.07) is 4.06. The highest BCUT2D eigenvalue weighted by molar-refractivity contribution is 5.72. The monoisotopic (exact) mass is 522 g/mol. The van der Waals surface area contributed by atoms with Crippen LogP contribution >= 0.6 is 0 Å². The molecule has 1 N–H and O–H groups in total. The molecule has 194 valence electrons. The Labute approximate surface area is 199 Å². The quantitative estimate of drug-likeness (QED) is 0.332. The van der Waals surface area contributed by atoms with Crippen molar-refractivity contribution < 1.29 is 49.4 Å². The molecule has 1 unspecified atom stereocenters. The summed E-state index contributed by atoms with van der Waals surface area (Å²) in [6.07, 6.45) is -10.7. The third kappa shape index (κ3) is 5.30. The predicted octanol–water partition coefficient (Wildman–Crippen LogP) is 8.12. The van der Waals surface area contributed by atoms with Crippen LogP contribution < -0.4 is 4.74 Å². The molecular formula is C25H19F9O2. The van der Waals surface area contributed by atoms with Crippen LogP contribution in [-0.4, -0.2) is 5.11 Å². The second-order valence-corrected chi connectivity index (χ2v) is 8.15. The first kappa shape index (κ1) is 27.4. The summed E-state index contributed by atoms with van der Waals surface area (Å²) >= 11 is 0. The van der Waals surface area contributed by atoms with Gasteiger partial charge in [0.25, 0.3) is 0 Å². The van der Waals surface area contributed by atoms with Crippen molar-refractivity contribution in [2.24, 2.45) is 0 Å². The first-order valence-corrected chi connectivity index (χ1v) is 10.5. The second kappa shape index (κ2) is 9.68. The number of ether oxygens (including phenoxy) is 1. The zero-order valence-electron chi connectivity index (χ0n) is 19.0. The second-order valence-electron chi connectivity index (χ2n) is 8.15. The van der Waals surface area contributed by atoms with E-state index < -0.39 is 58.5 Å². The van der Waals surface area contributed by atoms with E-state index in [2.05, 4.69) is 4.74 Å². The number of hydrogen-bond donors (Lipinski definition) is 1. The summed E-state index contributed by atoms with van der Waals surface area (Å²) in [5.41, 5.74) is -2.45. The molecule has 0 aromatic heterocycles. The van der Waals surface area contributed by atoms with E-state index in [1.807, 2.05) is 0 Å². The van der Waals surface area contributed by atoms with Crippen molar-refractivity contribution >= 4 is 0 Å². The van der Waals surface area contributed by atoms with Crippen LogP contribution in [0.3, 0.4) is 0 Å². The maximum atomic E-state index is 14.8. The highest BCUT2D eigenvalue weighted by Crippen LogP contribution is 2.41. The van der Waals surface area contributed by atoms with E-state index >= 15 is 0 Å². The molecule has 11 heteroatoms. The van der Waals surface area contributed by atoms with Crippen LogP contribution in [0, 0.1) is 37.1 Å². The van der Waals surface area contributed by atoms with Gasteiger partial charge >= 0.3 is 12.3 Å². The summed E-state index contributed by atoms with van der Waals surface area (Å²) in [7, 11) is 0. The van der Waals surface area contributed by atoms with Crippen molar-refractivity contribution in [3.8, 4) is 16.9 Å². The van der Waals surface area contributed by atoms with Gasteiger partial charge in [-0.3, -0.25) is 0 Å². The number of aryl methyl sites for hydroxylation is 2. The fourth-order valence-corrected chi connectivity index (χ4v) is 3.95. The Morgan fingerprint density at radius 3 is 1.61 bits per heavy atom. The number of alkyl halides is 5. The number of halogens is 9. The minimum Gasteiger partial charge on any atom is -0.429 e. The van der Waals surface area contributed by atoms with Crippen LogP contribution in [0.4, 0.5) is 39.5 Å². The fraction of sp³-hybridized carbons (Fsp3) is 0.280. The highest BCUT2D eigenvalue weighted by atomic mass is 19.4. The molecule has 3 aromatic rings. The Balaban J connectivity index is 2.02. The summed E-state index contributed by atoms with van der Waals surface area (Å²) in [5.74, 6) is -9.43. The van der Waals surface area contributed by atoms with Gasteiger partial charge in [-0.15, -0.1) is 0 Å².